The topological polar surface area (TPSA) is 53.1 Å². The standard InChI is InChI=1S/C15H13F2N3O/c1-21-11-3-5-14-13(7-11)19-15(18)20(14)8-9-6-10(16)2-4-12(9)17/h2-7H,8H2,1H3,(H2,18,19). The molecule has 0 fully saturated rings. The first-order chi connectivity index (χ1) is 10.1. The van der Waals surface area contributed by atoms with Crippen molar-refractivity contribution < 1.29 is 13.5 Å². The van der Waals surface area contributed by atoms with E-state index < -0.39 is 11.6 Å². The molecule has 3 aromatic rings. The second kappa shape index (κ2) is 5.05. The minimum atomic E-state index is -0.490. The molecule has 0 unspecified atom stereocenters. The van der Waals surface area contributed by atoms with Gasteiger partial charge in [0.15, 0.2) is 0 Å². The molecule has 0 aliphatic rings. The zero-order chi connectivity index (χ0) is 15.0. The molecule has 0 radical (unpaired) electrons. The summed E-state index contributed by atoms with van der Waals surface area (Å²) in [5.41, 5.74) is 7.47. The van der Waals surface area contributed by atoms with Crippen molar-refractivity contribution in [3.8, 4) is 5.75 Å². The van der Waals surface area contributed by atoms with Crippen LogP contribution in [0.25, 0.3) is 11.0 Å². The Balaban J connectivity index is 2.08. The molecule has 4 nitrogen and oxygen atoms in total. The van der Waals surface area contributed by atoms with E-state index in [4.69, 9.17) is 10.5 Å². The van der Waals surface area contributed by atoms with E-state index in [-0.39, 0.29) is 18.1 Å². The van der Waals surface area contributed by atoms with Crippen molar-refractivity contribution in [2.45, 2.75) is 6.54 Å². The van der Waals surface area contributed by atoms with E-state index in [1.807, 2.05) is 0 Å². The van der Waals surface area contributed by atoms with Gasteiger partial charge in [0.25, 0.3) is 0 Å². The average molecular weight is 289 g/mol. The van der Waals surface area contributed by atoms with Gasteiger partial charge in [0.2, 0.25) is 5.95 Å². The quantitative estimate of drug-likeness (QED) is 0.806. The Hall–Kier alpha value is -2.63. The summed E-state index contributed by atoms with van der Waals surface area (Å²) in [6.07, 6.45) is 0. The number of rotatable bonds is 3. The smallest absolute Gasteiger partial charge is 0.201 e. The highest BCUT2D eigenvalue weighted by molar-refractivity contribution is 5.80. The number of hydrogen-bond donors (Lipinski definition) is 1. The Morgan fingerprint density at radius 2 is 2.00 bits per heavy atom. The molecule has 108 valence electrons. The van der Waals surface area contributed by atoms with E-state index in [1.165, 1.54) is 0 Å². The molecule has 0 saturated carbocycles. The number of anilines is 1. The summed E-state index contributed by atoms with van der Waals surface area (Å²) in [7, 11) is 1.56. The number of hydrogen-bond acceptors (Lipinski definition) is 3. The highest BCUT2D eigenvalue weighted by atomic mass is 19.1. The first kappa shape index (κ1) is 13.4. The zero-order valence-corrected chi connectivity index (χ0v) is 11.3. The van der Waals surface area contributed by atoms with Crippen LogP contribution in [-0.2, 0) is 6.54 Å². The van der Waals surface area contributed by atoms with Gasteiger partial charge in [0.1, 0.15) is 17.4 Å². The lowest BCUT2D eigenvalue weighted by Crippen LogP contribution is -2.06. The molecule has 0 saturated heterocycles. The van der Waals surface area contributed by atoms with Gasteiger partial charge < -0.3 is 15.0 Å². The monoisotopic (exact) mass is 289 g/mol. The first-order valence-electron chi connectivity index (χ1n) is 6.32. The summed E-state index contributed by atoms with van der Waals surface area (Å²) >= 11 is 0. The van der Waals surface area contributed by atoms with Crippen LogP contribution in [0.15, 0.2) is 36.4 Å². The van der Waals surface area contributed by atoms with Gasteiger partial charge in [0.05, 0.1) is 24.7 Å². The minimum Gasteiger partial charge on any atom is -0.497 e. The molecule has 2 aromatic carbocycles. The maximum absolute atomic E-state index is 13.8. The van der Waals surface area contributed by atoms with Gasteiger partial charge >= 0.3 is 0 Å². The summed E-state index contributed by atoms with van der Waals surface area (Å²) in [5, 5.41) is 0. The second-order valence-corrected chi connectivity index (χ2v) is 4.65. The second-order valence-electron chi connectivity index (χ2n) is 4.65. The third kappa shape index (κ3) is 2.40. The van der Waals surface area contributed by atoms with Crippen LogP contribution in [0.1, 0.15) is 5.56 Å². The van der Waals surface area contributed by atoms with E-state index in [2.05, 4.69) is 4.98 Å². The zero-order valence-electron chi connectivity index (χ0n) is 11.3. The highest BCUT2D eigenvalue weighted by Crippen LogP contribution is 2.24. The highest BCUT2D eigenvalue weighted by Gasteiger charge is 2.12. The van der Waals surface area contributed by atoms with E-state index >= 15 is 0 Å². The van der Waals surface area contributed by atoms with Gasteiger partial charge in [0, 0.05) is 11.6 Å². The number of nitrogens with two attached hydrogens (primary N) is 1. The van der Waals surface area contributed by atoms with E-state index in [1.54, 1.807) is 29.9 Å². The molecule has 0 atom stereocenters. The number of fused-ring (bicyclic) bond motifs is 1. The molecule has 21 heavy (non-hydrogen) atoms. The van der Waals surface area contributed by atoms with Crippen molar-refractivity contribution in [3.63, 3.8) is 0 Å². The fourth-order valence-electron chi connectivity index (χ4n) is 2.26. The number of imidazole rings is 1. The Bertz CT molecular complexity index is 814. The third-order valence-electron chi connectivity index (χ3n) is 3.32. The van der Waals surface area contributed by atoms with Crippen LogP contribution in [0.5, 0.6) is 5.75 Å². The van der Waals surface area contributed by atoms with Gasteiger partial charge in [-0.05, 0) is 30.3 Å². The van der Waals surface area contributed by atoms with Gasteiger partial charge in [-0.3, -0.25) is 0 Å². The number of nitrogen functional groups attached to an aromatic ring is 1. The van der Waals surface area contributed by atoms with Crippen LogP contribution < -0.4 is 10.5 Å². The van der Waals surface area contributed by atoms with E-state index in [0.717, 1.165) is 23.7 Å². The Morgan fingerprint density at radius 1 is 1.19 bits per heavy atom. The number of aromatic nitrogens is 2. The molecule has 1 heterocycles. The molecule has 0 bridgehead atoms. The lowest BCUT2D eigenvalue weighted by atomic mass is 10.2. The molecule has 0 spiro atoms. The van der Waals surface area contributed by atoms with Crippen LogP contribution in [0.3, 0.4) is 0 Å². The van der Waals surface area contributed by atoms with E-state index in [0.29, 0.717) is 11.3 Å². The molecule has 0 aliphatic carbocycles. The number of ether oxygens (including phenoxy) is 1. The molecule has 3 rings (SSSR count). The average Bonchev–Trinajstić information content (AvgIpc) is 2.78. The minimum absolute atomic E-state index is 0.109. The summed E-state index contributed by atoms with van der Waals surface area (Å²) in [6.45, 7) is 0.109. The predicted molar refractivity (Wildman–Crippen MR) is 76.2 cm³/mol. The van der Waals surface area contributed by atoms with Crippen molar-refractivity contribution in [2.24, 2.45) is 0 Å². The molecular weight excluding hydrogens is 276 g/mol. The molecule has 1 aromatic heterocycles. The fraction of sp³-hybridized carbons (Fsp3) is 0.133. The summed E-state index contributed by atoms with van der Waals surface area (Å²) in [5.74, 6) is -0.0757. The molecule has 0 amide bonds. The van der Waals surface area contributed by atoms with Crippen LogP contribution in [0.2, 0.25) is 0 Å². The van der Waals surface area contributed by atoms with Gasteiger partial charge in [-0.1, -0.05) is 0 Å². The number of nitrogens with zero attached hydrogens (tertiary/aromatic N) is 2. The predicted octanol–water partition coefficient (Wildman–Crippen LogP) is 2.95. The number of benzene rings is 2. The third-order valence-corrected chi connectivity index (χ3v) is 3.32. The van der Waals surface area contributed by atoms with Crippen molar-refractivity contribution >= 4 is 17.0 Å². The summed E-state index contributed by atoms with van der Waals surface area (Å²) < 4.78 is 33.8. The Labute approximate surface area is 119 Å². The number of methoxy groups -OCH3 is 1. The maximum atomic E-state index is 13.8. The molecule has 2 N–H and O–H groups in total. The van der Waals surface area contributed by atoms with Crippen LogP contribution in [0.4, 0.5) is 14.7 Å². The van der Waals surface area contributed by atoms with Crippen LogP contribution in [0, 0.1) is 11.6 Å². The molecule has 6 heteroatoms. The fourth-order valence-corrected chi connectivity index (χ4v) is 2.26. The first-order valence-corrected chi connectivity index (χ1v) is 6.32. The summed E-state index contributed by atoms with van der Waals surface area (Å²) in [4.78, 5) is 4.21. The van der Waals surface area contributed by atoms with Gasteiger partial charge in [-0.15, -0.1) is 0 Å². The van der Waals surface area contributed by atoms with Crippen LogP contribution >= 0.6 is 0 Å². The summed E-state index contributed by atoms with van der Waals surface area (Å²) in [6, 6.07) is 8.63. The SMILES string of the molecule is COc1ccc2c(c1)nc(N)n2Cc1cc(F)ccc1F. The molecule has 0 aliphatic heterocycles. The van der Waals surface area contributed by atoms with Gasteiger partial charge in [-0.25, -0.2) is 13.8 Å². The Kier molecular flexibility index (Phi) is 3.21. The molecular formula is C15H13F2N3O. The normalized spacial score (nSPS) is 11.0. The van der Waals surface area contributed by atoms with Crippen molar-refractivity contribution in [2.75, 3.05) is 12.8 Å². The lowest BCUT2D eigenvalue weighted by Gasteiger charge is -2.08. The maximum Gasteiger partial charge on any atom is 0.201 e. The van der Waals surface area contributed by atoms with Crippen molar-refractivity contribution in [1.29, 1.82) is 0 Å². The largest absolute Gasteiger partial charge is 0.497 e. The Morgan fingerprint density at radius 3 is 2.76 bits per heavy atom. The van der Waals surface area contributed by atoms with E-state index in [9.17, 15) is 8.78 Å². The van der Waals surface area contributed by atoms with Crippen molar-refractivity contribution in [1.82, 2.24) is 9.55 Å². The van der Waals surface area contributed by atoms with Crippen LogP contribution in [-0.4, -0.2) is 16.7 Å². The van der Waals surface area contributed by atoms with Gasteiger partial charge in [-0.2, -0.15) is 0 Å². The lowest BCUT2D eigenvalue weighted by molar-refractivity contribution is 0.415. The van der Waals surface area contributed by atoms with Crippen molar-refractivity contribution in [3.05, 3.63) is 53.6 Å². The number of halogens is 2.